The fraction of sp³-hybridized carbons (Fsp3) is 0.444. The predicted molar refractivity (Wildman–Crippen MR) is 83.4 cm³/mol. The zero-order chi connectivity index (χ0) is 15.5. The number of allylic oxidation sites excluding steroid dienone is 2. The second-order valence-electron chi connectivity index (χ2n) is 6.23. The van der Waals surface area contributed by atoms with E-state index >= 15 is 0 Å². The van der Waals surface area contributed by atoms with Gasteiger partial charge in [-0.05, 0) is 24.3 Å². The van der Waals surface area contributed by atoms with E-state index in [1.54, 1.807) is 4.90 Å². The summed E-state index contributed by atoms with van der Waals surface area (Å²) < 4.78 is 0. The van der Waals surface area contributed by atoms with Crippen LogP contribution in [0, 0.1) is 11.8 Å². The highest BCUT2D eigenvalue weighted by atomic mass is 16.4. The summed E-state index contributed by atoms with van der Waals surface area (Å²) in [5.74, 6) is -1.02. The third kappa shape index (κ3) is 3.06. The summed E-state index contributed by atoms with van der Waals surface area (Å²) in [5, 5.41) is 9.48. The molecule has 116 valence electrons. The van der Waals surface area contributed by atoms with Crippen LogP contribution in [0.15, 0.2) is 42.5 Å². The summed E-state index contributed by atoms with van der Waals surface area (Å²) in [6.07, 6.45) is 6.81. The van der Waals surface area contributed by atoms with Gasteiger partial charge in [0, 0.05) is 25.4 Å². The molecule has 22 heavy (non-hydrogen) atoms. The predicted octanol–water partition coefficient (Wildman–Crippen LogP) is 2.67. The second kappa shape index (κ2) is 6.34. The number of amides is 1. The Morgan fingerprint density at radius 2 is 1.95 bits per heavy atom. The van der Waals surface area contributed by atoms with Gasteiger partial charge in [0.05, 0.1) is 5.92 Å². The van der Waals surface area contributed by atoms with Gasteiger partial charge in [-0.3, -0.25) is 9.59 Å². The van der Waals surface area contributed by atoms with Crippen LogP contribution < -0.4 is 0 Å². The van der Waals surface area contributed by atoms with E-state index in [-0.39, 0.29) is 11.8 Å². The van der Waals surface area contributed by atoms with Crippen LogP contribution in [0.5, 0.6) is 0 Å². The molecular weight excluding hydrogens is 278 g/mol. The average molecular weight is 299 g/mol. The van der Waals surface area contributed by atoms with Crippen LogP contribution >= 0.6 is 0 Å². The number of carbonyl (C=O) groups excluding carboxylic acids is 1. The number of hydrogen-bond donors (Lipinski definition) is 1. The van der Waals surface area contributed by atoms with E-state index in [9.17, 15) is 14.7 Å². The largest absolute Gasteiger partial charge is 0.481 e. The summed E-state index contributed by atoms with van der Waals surface area (Å²) in [5.41, 5.74) is 1.01. The Morgan fingerprint density at radius 3 is 2.59 bits per heavy atom. The van der Waals surface area contributed by atoms with Crippen molar-refractivity contribution in [1.82, 2.24) is 4.90 Å². The standard InChI is InChI=1S/C18H21NO3/c20-17(10-13-6-4-5-7-13)19-11-15(16(12-19)18(21)22)14-8-2-1-3-9-14/h1-4,6,8-9,13,15-16H,5,7,10-12H2,(H,21,22). The molecule has 0 radical (unpaired) electrons. The van der Waals surface area contributed by atoms with E-state index in [1.807, 2.05) is 30.3 Å². The van der Waals surface area contributed by atoms with Crippen LogP contribution in [0.4, 0.5) is 0 Å². The van der Waals surface area contributed by atoms with Crippen LogP contribution in [0.3, 0.4) is 0 Å². The van der Waals surface area contributed by atoms with Crippen molar-refractivity contribution < 1.29 is 14.7 Å². The van der Waals surface area contributed by atoms with E-state index in [0.717, 1.165) is 18.4 Å². The summed E-state index contributed by atoms with van der Waals surface area (Å²) in [6, 6.07) is 9.66. The zero-order valence-corrected chi connectivity index (χ0v) is 12.5. The molecule has 0 spiro atoms. The molecule has 3 unspecified atom stereocenters. The molecule has 0 saturated carbocycles. The number of carboxylic acid groups (broad SMARTS) is 1. The number of hydrogen-bond acceptors (Lipinski definition) is 2. The summed E-state index contributed by atoms with van der Waals surface area (Å²) in [6.45, 7) is 0.834. The highest BCUT2D eigenvalue weighted by molar-refractivity contribution is 5.80. The van der Waals surface area contributed by atoms with Gasteiger partial charge in [0.15, 0.2) is 0 Å². The summed E-state index contributed by atoms with van der Waals surface area (Å²) in [7, 11) is 0. The maximum atomic E-state index is 12.4. The van der Waals surface area contributed by atoms with Crippen LogP contribution in [-0.4, -0.2) is 35.0 Å². The molecule has 1 aliphatic heterocycles. The molecule has 4 heteroatoms. The number of carbonyl (C=O) groups is 2. The first kappa shape index (κ1) is 14.8. The maximum absolute atomic E-state index is 12.4. The van der Waals surface area contributed by atoms with Gasteiger partial charge in [0.2, 0.25) is 5.91 Å². The van der Waals surface area contributed by atoms with Gasteiger partial charge < -0.3 is 10.0 Å². The highest BCUT2D eigenvalue weighted by Gasteiger charge is 2.40. The van der Waals surface area contributed by atoms with Crippen LogP contribution in [-0.2, 0) is 9.59 Å². The minimum Gasteiger partial charge on any atom is -0.481 e. The lowest BCUT2D eigenvalue weighted by molar-refractivity contribution is -0.141. The molecule has 2 aliphatic rings. The smallest absolute Gasteiger partial charge is 0.308 e. The van der Waals surface area contributed by atoms with Gasteiger partial charge >= 0.3 is 5.97 Å². The van der Waals surface area contributed by atoms with E-state index in [1.165, 1.54) is 0 Å². The van der Waals surface area contributed by atoms with E-state index in [0.29, 0.717) is 25.4 Å². The molecule has 1 aromatic rings. The summed E-state index contributed by atoms with van der Waals surface area (Å²) >= 11 is 0. The van der Waals surface area contributed by atoms with Crippen molar-refractivity contribution in [2.45, 2.75) is 25.2 Å². The fourth-order valence-corrected chi connectivity index (χ4v) is 3.51. The molecular formula is C18H21NO3. The number of carboxylic acids is 1. The maximum Gasteiger partial charge on any atom is 0.308 e. The molecule has 1 N–H and O–H groups in total. The van der Waals surface area contributed by atoms with Gasteiger partial charge in [0.1, 0.15) is 0 Å². The van der Waals surface area contributed by atoms with Crippen molar-refractivity contribution in [3.63, 3.8) is 0 Å². The number of aliphatic carboxylic acids is 1. The normalized spacial score (nSPS) is 27.3. The van der Waals surface area contributed by atoms with Gasteiger partial charge in [-0.15, -0.1) is 0 Å². The Labute approximate surface area is 130 Å². The second-order valence-corrected chi connectivity index (χ2v) is 6.23. The average Bonchev–Trinajstić information content (AvgIpc) is 3.17. The van der Waals surface area contributed by atoms with E-state index < -0.39 is 11.9 Å². The molecule has 1 heterocycles. The summed E-state index contributed by atoms with van der Waals surface area (Å²) in [4.78, 5) is 25.7. The van der Waals surface area contributed by atoms with Crippen molar-refractivity contribution in [3.05, 3.63) is 48.0 Å². The number of nitrogens with zero attached hydrogens (tertiary/aromatic N) is 1. The number of likely N-dealkylation sites (tertiary alicyclic amines) is 1. The lowest BCUT2D eigenvalue weighted by atomic mass is 9.89. The van der Waals surface area contributed by atoms with Crippen LogP contribution in [0.1, 0.15) is 30.7 Å². The Morgan fingerprint density at radius 1 is 1.18 bits per heavy atom. The van der Waals surface area contributed by atoms with Crippen molar-refractivity contribution in [1.29, 1.82) is 0 Å². The first-order valence-electron chi connectivity index (χ1n) is 7.87. The molecule has 0 aromatic heterocycles. The molecule has 1 aliphatic carbocycles. The fourth-order valence-electron chi connectivity index (χ4n) is 3.51. The molecule has 3 atom stereocenters. The SMILES string of the molecule is O=C(O)C1CN(C(=O)CC2C=CCC2)CC1c1ccccc1. The van der Waals surface area contributed by atoms with Crippen LogP contribution in [0.2, 0.25) is 0 Å². The third-order valence-corrected chi connectivity index (χ3v) is 4.77. The van der Waals surface area contributed by atoms with Gasteiger partial charge in [-0.2, -0.15) is 0 Å². The first-order valence-corrected chi connectivity index (χ1v) is 7.87. The third-order valence-electron chi connectivity index (χ3n) is 4.77. The Kier molecular flexibility index (Phi) is 4.27. The van der Waals surface area contributed by atoms with Crippen molar-refractivity contribution in [2.75, 3.05) is 13.1 Å². The van der Waals surface area contributed by atoms with Crippen molar-refractivity contribution in [2.24, 2.45) is 11.8 Å². The van der Waals surface area contributed by atoms with E-state index in [4.69, 9.17) is 0 Å². The van der Waals surface area contributed by atoms with Gasteiger partial charge in [-0.1, -0.05) is 42.5 Å². The number of rotatable bonds is 4. The van der Waals surface area contributed by atoms with Crippen molar-refractivity contribution in [3.8, 4) is 0 Å². The lowest BCUT2D eigenvalue weighted by Gasteiger charge is -2.18. The van der Waals surface area contributed by atoms with Gasteiger partial charge in [-0.25, -0.2) is 0 Å². The quantitative estimate of drug-likeness (QED) is 0.870. The molecule has 1 aromatic carbocycles. The lowest BCUT2D eigenvalue weighted by Crippen LogP contribution is -2.30. The minimum atomic E-state index is -0.815. The first-order chi connectivity index (χ1) is 10.6. The molecule has 1 amide bonds. The Balaban J connectivity index is 1.71. The minimum absolute atomic E-state index is 0.0845. The monoisotopic (exact) mass is 299 g/mol. The van der Waals surface area contributed by atoms with E-state index in [2.05, 4.69) is 12.2 Å². The van der Waals surface area contributed by atoms with Crippen molar-refractivity contribution >= 4 is 11.9 Å². The molecule has 1 saturated heterocycles. The Bertz CT molecular complexity index is 581. The Hall–Kier alpha value is -2.10. The zero-order valence-electron chi connectivity index (χ0n) is 12.5. The molecule has 3 rings (SSSR count). The molecule has 0 bridgehead atoms. The van der Waals surface area contributed by atoms with Crippen LogP contribution in [0.25, 0.3) is 0 Å². The number of benzene rings is 1. The van der Waals surface area contributed by atoms with Gasteiger partial charge in [0.25, 0.3) is 0 Å². The topological polar surface area (TPSA) is 57.6 Å². The molecule has 1 fully saturated rings. The highest BCUT2D eigenvalue weighted by Crippen LogP contribution is 2.34. The molecule has 4 nitrogen and oxygen atoms in total.